The zero-order chi connectivity index (χ0) is 26.9. The molecule has 3 rings (SSSR count). The Hall–Kier alpha value is -3.12. The summed E-state index contributed by atoms with van der Waals surface area (Å²) >= 11 is 7.82. The van der Waals surface area contributed by atoms with Crippen molar-refractivity contribution in [3.05, 3.63) is 58.5 Å². The maximum atomic E-state index is 12.4. The minimum atomic E-state index is -0.373. The summed E-state index contributed by atoms with van der Waals surface area (Å²) in [6.45, 7) is 2.28. The number of terminal acetylenes is 1. The number of carbonyl (C=O) groups is 2. The van der Waals surface area contributed by atoms with Crippen molar-refractivity contribution in [2.24, 2.45) is 0 Å². The van der Waals surface area contributed by atoms with E-state index in [0.29, 0.717) is 18.0 Å². The number of nitrogens with zero attached hydrogens (tertiary/aromatic N) is 2. The van der Waals surface area contributed by atoms with Gasteiger partial charge in [-0.25, -0.2) is 0 Å². The summed E-state index contributed by atoms with van der Waals surface area (Å²) in [5, 5.41) is 2.47. The molecule has 2 aromatic carbocycles. The summed E-state index contributed by atoms with van der Waals surface area (Å²) in [6.07, 6.45) is 10.2. The average molecular weight is 543 g/mol. The van der Waals surface area contributed by atoms with Crippen LogP contribution in [-0.4, -0.2) is 58.5 Å². The fourth-order valence-electron chi connectivity index (χ4n) is 4.12. The van der Waals surface area contributed by atoms with Crippen molar-refractivity contribution >= 4 is 57.6 Å². The van der Waals surface area contributed by atoms with Gasteiger partial charge in [-0.1, -0.05) is 47.9 Å². The number of carbonyl (C=O) groups excluding carboxylic acids is 2. The van der Waals surface area contributed by atoms with E-state index in [1.807, 2.05) is 64.7 Å². The van der Waals surface area contributed by atoms with Crippen LogP contribution in [0.15, 0.2) is 58.5 Å². The molecule has 1 aliphatic carbocycles. The molecule has 0 aliphatic heterocycles. The smallest absolute Gasteiger partial charge is 0.326 e. The van der Waals surface area contributed by atoms with Crippen LogP contribution in [0.1, 0.15) is 19.8 Å². The van der Waals surface area contributed by atoms with Gasteiger partial charge in [-0.3, -0.25) is 9.59 Å². The molecule has 0 fully saturated rings. The van der Waals surface area contributed by atoms with Crippen molar-refractivity contribution in [3.8, 4) is 12.3 Å². The van der Waals surface area contributed by atoms with Gasteiger partial charge in [0.05, 0.1) is 39.0 Å². The largest absolute Gasteiger partial charge is 0.469 e. The highest BCUT2D eigenvalue weighted by Crippen LogP contribution is 2.40. The van der Waals surface area contributed by atoms with Gasteiger partial charge < -0.3 is 23.4 Å². The van der Waals surface area contributed by atoms with Crippen LogP contribution < -0.4 is 9.21 Å². The molecule has 0 aromatic heterocycles. The minimum Gasteiger partial charge on any atom is -0.469 e. The van der Waals surface area contributed by atoms with Crippen molar-refractivity contribution in [2.75, 3.05) is 43.6 Å². The number of allylic oxidation sites excluding steroid dienone is 1. The summed E-state index contributed by atoms with van der Waals surface area (Å²) in [5.74, 6) is 2.02. The van der Waals surface area contributed by atoms with Crippen LogP contribution >= 0.6 is 23.5 Å². The van der Waals surface area contributed by atoms with E-state index in [1.54, 1.807) is 7.11 Å². The Morgan fingerprint density at radius 2 is 1.76 bits per heavy atom. The SMILES string of the molecule is C#CCN(c1ccc(N(CC(=O)OC)SC2=CCC(OC)C(Cl)=C2)c2ccccc12)C(C)CC(=O)OC. The molecule has 2 unspecified atom stereocenters. The number of esters is 2. The van der Waals surface area contributed by atoms with E-state index in [2.05, 4.69) is 5.92 Å². The summed E-state index contributed by atoms with van der Waals surface area (Å²) in [4.78, 5) is 27.3. The van der Waals surface area contributed by atoms with Crippen molar-refractivity contribution in [1.82, 2.24) is 0 Å². The lowest BCUT2D eigenvalue weighted by molar-refractivity contribution is -0.141. The molecule has 9 heteroatoms. The summed E-state index contributed by atoms with van der Waals surface area (Å²) in [6, 6.07) is 11.6. The van der Waals surface area contributed by atoms with Gasteiger partial charge in [0.2, 0.25) is 0 Å². The van der Waals surface area contributed by atoms with Crippen LogP contribution in [0.5, 0.6) is 0 Å². The van der Waals surface area contributed by atoms with E-state index in [9.17, 15) is 9.59 Å². The Bertz CT molecular complexity index is 1240. The standard InChI is InChI=1S/C28H31ClN2O5S/c1-6-15-30(19(2)16-27(32)35-4)24-12-13-25(22-10-8-7-9-21(22)24)31(18-28(33)36-5)37-20-11-14-26(34-3)23(29)17-20/h1,7-13,17,19,26H,14-16,18H2,2-5H3. The minimum absolute atomic E-state index is 0.0217. The van der Waals surface area contributed by atoms with Crippen LogP contribution in [0.25, 0.3) is 10.8 Å². The molecule has 0 radical (unpaired) electrons. The molecule has 37 heavy (non-hydrogen) atoms. The average Bonchev–Trinajstić information content (AvgIpc) is 2.90. The predicted octanol–water partition coefficient (Wildman–Crippen LogP) is 5.28. The van der Waals surface area contributed by atoms with Crippen molar-refractivity contribution in [2.45, 2.75) is 31.9 Å². The Morgan fingerprint density at radius 1 is 1.11 bits per heavy atom. The van der Waals surface area contributed by atoms with Crippen LogP contribution in [0.4, 0.5) is 11.4 Å². The lowest BCUT2D eigenvalue weighted by Crippen LogP contribution is -2.35. The number of hydrogen-bond donors (Lipinski definition) is 0. The quantitative estimate of drug-likeness (QED) is 0.216. The number of halogens is 1. The van der Waals surface area contributed by atoms with Crippen molar-refractivity contribution in [1.29, 1.82) is 0 Å². The lowest BCUT2D eigenvalue weighted by atomic mass is 10.0. The molecule has 196 valence electrons. The molecule has 0 spiro atoms. The normalized spacial score (nSPS) is 15.7. The third kappa shape index (κ3) is 7.01. The highest BCUT2D eigenvalue weighted by atomic mass is 35.5. The van der Waals surface area contributed by atoms with Crippen LogP contribution in [0.3, 0.4) is 0 Å². The molecular weight excluding hydrogens is 512 g/mol. The van der Waals surface area contributed by atoms with E-state index in [1.165, 1.54) is 26.2 Å². The lowest BCUT2D eigenvalue weighted by Gasteiger charge is -2.32. The third-order valence-electron chi connectivity index (χ3n) is 6.06. The van der Waals surface area contributed by atoms with Gasteiger partial charge in [0.1, 0.15) is 6.54 Å². The molecule has 0 saturated heterocycles. The summed E-state index contributed by atoms with van der Waals surface area (Å²) in [5.41, 5.74) is 1.72. The molecule has 2 aromatic rings. The number of fused-ring (bicyclic) bond motifs is 1. The second-order valence-electron chi connectivity index (χ2n) is 8.41. The molecule has 2 atom stereocenters. The van der Waals surface area contributed by atoms with E-state index in [0.717, 1.165) is 27.1 Å². The Morgan fingerprint density at radius 3 is 2.35 bits per heavy atom. The second kappa shape index (κ2) is 13.4. The first-order valence-corrected chi connectivity index (χ1v) is 12.9. The number of ether oxygens (including phenoxy) is 3. The van der Waals surface area contributed by atoms with Gasteiger partial charge in [-0.05, 0) is 43.5 Å². The number of hydrogen-bond acceptors (Lipinski definition) is 8. The number of benzene rings is 2. The Balaban J connectivity index is 2.05. The van der Waals surface area contributed by atoms with E-state index in [4.69, 9.17) is 32.2 Å². The maximum absolute atomic E-state index is 12.4. The number of anilines is 2. The molecule has 0 saturated carbocycles. The molecule has 1 aliphatic rings. The highest BCUT2D eigenvalue weighted by molar-refractivity contribution is 8.04. The van der Waals surface area contributed by atoms with Gasteiger partial charge in [0, 0.05) is 39.5 Å². The van der Waals surface area contributed by atoms with Crippen LogP contribution in [-0.2, 0) is 23.8 Å². The van der Waals surface area contributed by atoms with E-state index in [-0.39, 0.29) is 37.0 Å². The van der Waals surface area contributed by atoms with Crippen LogP contribution in [0, 0.1) is 12.3 Å². The molecule has 7 nitrogen and oxygen atoms in total. The first kappa shape index (κ1) is 28.5. The van der Waals surface area contributed by atoms with Gasteiger partial charge in [0.25, 0.3) is 0 Å². The van der Waals surface area contributed by atoms with E-state index >= 15 is 0 Å². The van der Waals surface area contributed by atoms with Crippen molar-refractivity contribution in [3.63, 3.8) is 0 Å². The summed E-state index contributed by atoms with van der Waals surface area (Å²) in [7, 11) is 4.37. The fourth-order valence-corrected chi connectivity index (χ4v) is 5.51. The zero-order valence-corrected chi connectivity index (χ0v) is 23.0. The molecule has 0 amide bonds. The van der Waals surface area contributed by atoms with Gasteiger partial charge >= 0.3 is 11.9 Å². The Kier molecular flexibility index (Phi) is 10.3. The first-order valence-electron chi connectivity index (χ1n) is 11.7. The molecule has 0 heterocycles. The molecule has 0 N–H and O–H groups in total. The maximum Gasteiger partial charge on any atom is 0.326 e. The van der Waals surface area contributed by atoms with E-state index < -0.39 is 0 Å². The van der Waals surface area contributed by atoms with Gasteiger partial charge in [-0.2, -0.15) is 0 Å². The van der Waals surface area contributed by atoms with Crippen LogP contribution in [0.2, 0.25) is 0 Å². The first-order chi connectivity index (χ1) is 17.8. The van der Waals surface area contributed by atoms with Gasteiger partial charge in [0.15, 0.2) is 0 Å². The topological polar surface area (TPSA) is 68.3 Å². The number of rotatable bonds is 11. The fraction of sp³-hybridized carbons (Fsp3) is 0.357. The number of methoxy groups -OCH3 is 3. The predicted molar refractivity (Wildman–Crippen MR) is 151 cm³/mol. The van der Waals surface area contributed by atoms with Crippen molar-refractivity contribution < 1.29 is 23.8 Å². The van der Waals surface area contributed by atoms with Gasteiger partial charge in [-0.15, -0.1) is 6.42 Å². The Labute approximate surface area is 227 Å². The second-order valence-corrected chi connectivity index (χ2v) is 9.94. The summed E-state index contributed by atoms with van der Waals surface area (Å²) < 4.78 is 17.1. The monoisotopic (exact) mass is 542 g/mol. The highest BCUT2D eigenvalue weighted by Gasteiger charge is 2.24. The third-order valence-corrected chi connectivity index (χ3v) is 7.45. The molecule has 0 bridgehead atoms. The molecular formula is C28H31ClN2O5S. The zero-order valence-electron chi connectivity index (χ0n) is 21.4.